The molecule has 0 radical (unpaired) electrons. The monoisotopic (exact) mass is 389 g/mol. The lowest BCUT2D eigenvalue weighted by Gasteiger charge is -2.32. The maximum atomic E-state index is 12.9. The van der Waals surface area contributed by atoms with Gasteiger partial charge in [0.1, 0.15) is 6.04 Å². The second-order valence-electron chi connectivity index (χ2n) is 6.68. The average molecular weight is 390 g/mol. The number of benzene rings is 1. The summed E-state index contributed by atoms with van der Waals surface area (Å²) in [6, 6.07) is 8.28. The number of hydrogen-bond acceptors (Lipinski definition) is 5. The van der Waals surface area contributed by atoms with Crippen LogP contribution in [0.3, 0.4) is 0 Å². The van der Waals surface area contributed by atoms with E-state index in [-0.39, 0.29) is 17.5 Å². The van der Waals surface area contributed by atoms with Gasteiger partial charge in [0.2, 0.25) is 5.91 Å². The fourth-order valence-electron chi connectivity index (χ4n) is 3.53. The Kier molecular flexibility index (Phi) is 5.13. The number of amides is 2. The summed E-state index contributed by atoms with van der Waals surface area (Å²) in [7, 11) is 0. The van der Waals surface area contributed by atoms with Gasteiger partial charge in [-0.15, -0.1) is 0 Å². The third-order valence-corrected chi connectivity index (χ3v) is 5.23. The summed E-state index contributed by atoms with van der Waals surface area (Å²) in [5, 5.41) is 4.54. The van der Waals surface area contributed by atoms with E-state index in [0.717, 1.165) is 12.0 Å². The second kappa shape index (κ2) is 7.70. The summed E-state index contributed by atoms with van der Waals surface area (Å²) < 4.78 is 10.6. The zero-order chi connectivity index (χ0) is 18.8. The third kappa shape index (κ3) is 3.70. The van der Waals surface area contributed by atoms with Crippen LogP contribution in [0, 0.1) is 0 Å². The first-order chi connectivity index (χ1) is 13.1. The highest BCUT2D eigenvalue weighted by Gasteiger charge is 2.38. The predicted octanol–water partition coefficient (Wildman–Crippen LogP) is 2.46. The first-order valence-corrected chi connectivity index (χ1v) is 9.41. The molecule has 27 heavy (non-hydrogen) atoms. The van der Waals surface area contributed by atoms with E-state index in [9.17, 15) is 9.59 Å². The Morgan fingerprint density at radius 3 is 2.59 bits per heavy atom. The van der Waals surface area contributed by atoms with Crippen LogP contribution in [0.2, 0.25) is 5.02 Å². The summed E-state index contributed by atoms with van der Waals surface area (Å²) in [6.07, 6.45) is 1.47. The Balaban J connectivity index is 1.50. The summed E-state index contributed by atoms with van der Waals surface area (Å²) in [6.45, 7) is 2.77. The molecule has 0 spiro atoms. The van der Waals surface area contributed by atoms with Gasteiger partial charge in [-0.25, -0.2) is 0 Å². The highest BCUT2D eigenvalue weighted by Crippen LogP contribution is 2.26. The second-order valence-corrected chi connectivity index (χ2v) is 7.11. The van der Waals surface area contributed by atoms with Crippen molar-refractivity contribution in [3.05, 3.63) is 41.0 Å². The van der Waals surface area contributed by atoms with Crippen LogP contribution < -0.4 is 0 Å². The van der Waals surface area contributed by atoms with Gasteiger partial charge in [0.15, 0.2) is 11.5 Å². The molecule has 2 aliphatic rings. The smallest absolute Gasteiger partial charge is 0.276 e. The van der Waals surface area contributed by atoms with Gasteiger partial charge in [-0.3, -0.25) is 9.59 Å². The first-order valence-electron chi connectivity index (χ1n) is 9.03. The number of carbonyl (C=O) groups is 2. The molecule has 142 valence electrons. The highest BCUT2D eigenvalue weighted by molar-refractivity contribution is 6.30. The molecule has 2 aliphatic heterocycles. The molecule has 0 bridgehead atoms. The molecular formula is C19H20ClN3O4. The normalized spacial score (nSPS) is 20.1. The van der Waals surface area contributed by atoms with E-state index in [1.54, 1.807) is 40.1 Å². The zero-order valence-electron chi connectivity index (χ0n) is 14.8. The van der Waals surface area contributed by atoms with Gasteiger partial charge in [-0.05, 0) is 37.1 Å². The molecule has 2 aromatic rings. The van der Waals surface area contributed by atoms with Gasteiger partial charge in [0.25, 0.3) is 5.91 Å². The first kappa shape index (κ1) is 18.0. The SMILES string of the molecule is O=C([C@@H]1CCCN1C(=O)c1cc(-c2ccc(Cl)cc2)on1)N1CCOCC1. The topological polar surface area (TPSA) is 75.9 Å². The van der Waals surface area contributed by atoms with Crippen molar-refractivity contribution in [2.75, 3.05) is 32.8 Å². The number of nitrogens with zero attached hydrogens (tertiary/aromatic N) is 3. The molecule has 0 saturated carbocycles. The van der Waals surface area contributed by atoms with Crippen molar-refractivity contribution < 1.29 is 18.8 Å². The lowest BCUT2D eigenvalue weighted by molar-refractivity contribution is -0.139. The number of ether oxygens (including phenoxy) is 1. The molecule has 2 fully saturated rings. The minimum Gasteiger partial charge on any atom is -0.378 e. The number of halogens is 1. The van der Waals surface area contributed by atoms with Gasteiger partial charge in [0.05, 0.1) is 13.2 Å². The van der Waals surface area contributed by atoms with Crippen LogP contribution in [0.4, 0.5) is 0 Å². The lowest BCUT2D eigenvalue weighted by atomic mass is 10.1. The minimum atomic E-state index is -0.439. The molecule has 8 heteroatoms. The van der Waals surface area contributed by atoms with E-state index in [1.165, 1.54) is 0 Å². The number of morpholine rings is 1. The number of carbonyl (C=O) groups excluding carboxylic acids is 2. The number of likely N-dealkylation sites (tertiary alicyclic amines) is 1. The number of rotatable bonds is 3. The lowest BCUT2D eigenvalue weighted by Crippen LogP contribution is -2.51. The van der Waals surface area contributed by atoms with E-state index in [1.807, 2.05) is 0 Å². The van der Waals surface area contributed by atoms with Gasteiger partial charge < -0.3 is 19.1 Å². The van der Waals surface area contributed by atoms with E-state index in [2.05, 4.69) is 5.16 Å². The van der Waals surface area contributed by atoms with Crippen LogP contribution in [-0.2, 0) is 9.53 Å². The largest absolute Gasteiger partial charge is 0.378 e. The van der Waals surface area contributed by atoms with Crippen LogP contribution in [0.1, 0.15) is 23.3 Å². The van der Waals surface area contributed by atoms with Crippen molar-refractivity contribution in [1.82, 2.24) is 15.0 Å². The van der Waals surface area contributed by atoms with Crippen LogP contribution in [0.25, 0.3) is 11.3 Å². The standard InChI is InChI=1S/C19H20ClN3O4/c20-14-5-3-13(4-6-14)17-12-15(21-27-17)18(24)23-7-1-2-16(23)19(25)22-8-10-26-11-9-22/h3-6,12,16H,1-2,7-11H2/t16-/m0/s1. The molecule has 1 aromatic heterocycles. The Labute approximate surface area is 161 Å². The minimum absolute atomic E-state index is 0.00873. The van der Waals surface area contributed by atoms with E-state index in [0.29, 0.717) is 50.1 Å². The zero-order valence-corrected chi connectivity index (χ0v) is 15.5. The molecule has 2 saturated heterocycles. The molecule has 7 nitrogen and oxygen atoms in total. The molecule has 0 N–H and O–H groups in total. The Bertz CT molecular complexity index is 830. The molecule has 1 aromatic carbocycles. The van der Waals surface area contributed by atoms with Crippen molar-refractivity contribution in [2.45, 2.75) is 18.9 Å². The van der Waals surface area contributed by atoms with Crippen molar-refractivity contribution in [1.29, 1.82) is 0 Å². The molecule has 2 amide bonds. The van der Waals surface area contributed by atoms with Crippen LogP contribution in [0.15, 0.2) is 34.9 Å². The fraction of sp³-hybridized carbons (Fsp3) is 0.421. The molecule has 0 aliphatic carbocycles. The summed E-state index contributed by atoms with van der Waals surface area (Å²) >= 11 is 5.90. The van der Waals surface area contributed by atoms with Gasteiger partial charge in [-0.1, -0.05) is 16.8 Å². The Morgan fingerprint density at radius 1 is 1.11 bits per heavy atom. The van der Waals surface area contributed by atoms with Gasteiger partial charge in [0, 0.05) is 36.3 Å². The van der Waals surface area contributed by atoms with Crippen LogP contribution in [0.5, 0.6) is 0 Å². The van der Waals surface area contributed by atoms with Crippen LogP contribution >= 0.6 is 11.6 Å². The number of aromatic nitrogens is 1. The maximum Gasteiger partial charge on any atom is 0.276 e. The van der Waals surface area contributed by atoms with Crippen molar-refractivity contribution >= 4 is 23.4 Å². The Morgan fingerprint density at radius 2 is 1.85 bits per heavy atom. The summed E-state index contributed by atoms with van der Waals surface area (Å²) in [5.41, 5.74) is 0.995. The van der Waals surface area contributed by atoms with Gasteiger partial charge in [-0.2, -0.15) is 0 Å². The van der Waals surface area contributed by atoms with Crippen LogP contribution in [-0.4, -0.2) is 65.7 Å². The summed E-state index contributed by atoms with van der Waals surface area (Å²) in [4.78, 5) is 29.1. The van der Waals surface area contributed by atoms with E-state index in [4.69, 9.17) is 20.9 Å². The average Bonchev–Trinajstić information content (AvgIpc) is 3.38. The van der Waals surface area contributed by atoms with Crippen molar-refractivity contribution in [3.63, 3.8) is 0 Å². The fourth-order valence-corrected chi connectivity index (χ4v) is 3.66. The van der Waals surface area contributed by atoms with Crippen molar-refractivity contribution in [3.8, 4) is 11.3 Å². The predicted molar refractivity (Wildman–Crippen MR) is 98.4 cm³/mol. The molecule has 3 heterocycles. The van der Waals surface area contributed by atoms with E-state index < -0.39 is 6.04 Å². The summed E-state index contributed by atoms with van der Waals surface area (Å²) in [5.74, 6) is 0.207. The maximum absolute atomic E-state index is 12.9. The molecule has 1 atom stereocenters. The quantitative estimate of drug-likeness (QED) is 0.806. The van der Waals surface area contributed by atoms with Crippen molar-refractivity contribution in [2.24, 2.45) is 0 Å². The molecular weight excluding hydrogens is 370 g/mol. The highest BCUT2D eigenvalue weighted by atomic mass is 35.5. The third-order valence-electron chi connectivity index (χ3n) is 4.98. The van der Waals surface area contributed by atoms with Gasteiger partial charge >= 0.3 is 0 Å². The molecule has 4 rings (SSSR count). The van der Waals surface area contributed by atoms with E-state index >= 15 is 0 Å². The Hall–Kier alpha value is -2.38. The number of hydrogen-bond donors (Lipinski definition) is 0. The molecule has 0 unspecified atom stereocenters.